The third-order valence-electron chi connectivity index (χ3n) is 2.98. The Hall–Kier alpha value is -2.01. The Labute approximate surface area is 120 Å². The highest BCUT2D eigenvalue weighted by molar-refractivity contribution is 5.29. The van der Waals surface area contributed by atoms with Crippen LogP contribution in [0.1, 0.15) is 16.7 Å². The lowest BCUT2D eigenvalue weighted by Gasteiger charge is -2.10. The van der Waals surface area contributed by atoms with Gasteiger partial charge in [-0.25, -0.2) is 0 Å². The molecule has 2 rings (SSSR count). The second-order valence-corrected chi connectivity index (χ2v) is 4.60. The number of rotatable bonds is 5. The lowest BCUT2D eigenvalue weighted by atomic mass is 10.1. The first-order valence-electron chi connectivity index (χ1n) is 6.48. The van der Waals surface area contributed by atoms with Gasteiger partial charge in [-0.15, -0.1) is 0 Å². The average Bonchev–Trinajstić information content (AvgIpc) is 2.46. The molecule has 0 amide bonds. The summed E-state index contributed by atoms with van der Waals surface area (Å²) >= 11 is 0. The SMILES string of the molecule is OCCc1ccc(OCc2cccc(C(F)(F)F)c2)cc1. The van der Waals surface area contributed by atoms with Gasteiger partial charge < -0.3 is 9.84 Å². The van der Waals surface area contributed by atoms with Crippen LogP contribution in [-0.4, -0.2) is 11.7 Å². The molecule has 0 aliphatic heterocycles. The normalized spacial score (nSPS) is 11.4. The summed E-state index contributed by atoms with van der Waals surface area (Å²) in [5.41, 5.74) is 0.759. The van der Waals surface area contributed by atoms with Gasteiger partial charge in [0.2, 0.25) is 0 Å². The quantitative estimate of drug-likeness (QED) is 0.909. The Morgan fingerprint density at radius 3 is 2.29 bits per heavy atom. The van der Waals surface area contributed by atoms with Gasteiger partial charge in [0.25, 0.3) is 0 Å². The summed E-state index contributed by atoms with van der Waals surface area (Å²) in [5.74, 6) is 0.578. The maximum atomic E-state index is 12.6. The second-order valence-electron chi connectivity index (χ2n) is 4.60. The second kappa shape index (κ2) is 6.63. The molecule has 0 aromatic heterocycles. The average molecular weight is 296 g/mol. The van der Waals surface area contributed by atoms with Crippen molar-refractivity contribution in [3.8, 4) is 5.75 Å². The van der Waals surface area contributed by atoms with Crippen LogP contribution in [0.2, 0.25) is 0 Å². The number of aliphatic hydroxyl groups excluding tert-OH is 1. The maximum absolute atomic E-state index is 12.6. The van der Waals surface area contributed by atoms with E-state index in [9.17, 15) is 13.2 Å². The molecule has 0 unspecified atom stereocenters. The van der Waals surface area contributed by atoms with Gasteiger partial charge in [0.05, 0.1) is 5.56 Å². The zero-order valence-electron chi connectivity index (χ0n) is 11.2. The predicted octanol–water partition coefficient (Wildman–Crippen LogP) is 3.82. The molecule has 0 saturated carbocycles. The molecule has 2 aromatic rings. The molecule has 112 valence electrons. The van der Waals surface area contributed by atoms with Crippen molar-refractivity contribution >= 4 is 0 Å². The van der Waals surface area contributed by atoms with Gasteiger partial charge in [-0.3, -0.25) is 0 Å². The summed E-state index contributed by atoms with van der Waals surface area (Å²) in [6.07, 6.45) is -3.78. The smallest absolute Gasteiger partial charge is 0.416 e. The summed E-state index contributed by atoms with van der Waals surface area (Å²) in [6.45, 7) is 0.147. The van der Waals surface area contributed by atoms with E-state index in [-0.39, 0.29) is 13.2 Å². The lowest BCUT2D eigenvalue weighted by Crippen LogP contribution is -2.06. The first-order chi connectivity index (χ1) is 9.99. The molecule has 0 fully saturated rings. The van der Waals surface area contributed by atoms with Crippen molar-refractivity contribution < 1.29 is 23.0 Å². The number of ether oxygens (including phenoxy) is 1. The number of hydrogen-bond donors (Lipinski definition) is 1. The zero-order chi connectivity index (χ0) is 15.3. The van der Waals surface area contributed by atoms with Crippen molar-refractivity contribution in [2.75, 3.05) is 6.61 Å². The summed E-state index contributed by atoms with van der Waals surface area (Å²) in [6, 6.07) is 12.2. The molecule has 1 N–H and O–H groups in total. The summed E-state index contributed by atoms with van der Waals surface area (Å²) < 4.78 is 43.2. The lowest BCUT2D eigenvalue weighted by molar-refractivity contribution is -0.137. The van der Waals surface area contributed by atoms with Gasteiger partial charge in [-0.1, -0.05) is 24.3 Å². The Morgan fingerprint density at radius 1 is 0.952 bits per heavy atom. The Balaban J connectivity index is 1.99. The first-order valence-corrected chi connectivity index (χ1v) is 6.48. The molecular formula is C16H15F3O2. The fraction of sp³-hybridized carbons (Fsp3) is 0.250. The Kier molecular flexibility index (Phi) is 4.85. The van der Waals surface area contributed by atoms with Gasteiger partial charge in [0.15, 0.2) is 0 Å². The van der Waals surface area contributed by atoms with Crippen LogP contribution in [0.15, 0.2) is 48.5 Å². The van der Waals surface area contributed by atoms with Gasteiger partial charge in [0.1, 0.15) is 12.4 Å². The van der Waals surface area contributed by atoms with E-state index < -0.39 is 11.7 Å². The van der Waals surface area contributed by atoms with Gasteiger partial charge in [-0.05, 0) is 41.8 Å². The highest BCUT2D eigenvalue weighted by Crippen LogP contribution is 2.29. The molecule has 21 heavy (non-hydrogen) atoms. The van der Waals surface area contributed by atoms with E-state index >= 15 is 0 Å². The highest BCUT2D eigenvalue weighted by atomic mass is 19.4. The number of aliphatic hydroxyl groups is 1. The Morgan fingerprint density at radius 2 is 1.67 bits per heavy atom. The van der Waals surface area contributed by atoms with Gasteiger partial charge in [0, 0.05) is 6.61 Å². The summed E-state index contributed by atoms with van der Waals surface area (Å²) in [5, 5.41) is 8.81. The van der Waals surface area contributed by atoms with E-state index in [4.69, 9.17) is 9.84 Å². The number of hydrogen-bond acceptors (Lipinski definition) is 2. The first kappa shape index (κ1) is 15.4. The molecule has 5 heteroatoms. The van der Waals surface area contributed by atoms with Crippen LogP contribution in [-0.2, 0) is 19.2 Å². The molecule has 0 bridgehead atoms. The molecule has 0 saturated heterocycles. The topological polar surface area (TPSA) is 29.5 Å². The number of halogens is 3. The molecular weight excluding hydrogens is 281 g/mol. The molecule has 0 atom stereocenters. The van der Waals surface area contributed by atoms with Crippen LogP contribution in [0, 0.1) is 0 Å². The fourth-order valence-electron chi connectivity index (χ4n) is 1.89. The maximum Gasteiger partial charge on any atom is 0.416 e. The monoisotopic (exact) mass is 296 g/mol. The highest BCUT2D eigenvalue weighted by Gasteiger charge is 2.30. The third-order valence-corrected chi connectivity index (χ3v) is 2.98. The molecule has 0 radical (unpaired) electrons. The van der Waals surface area contributed by atoms with E-state index in [1.54, 1.807) is 18.2 Å². The van der Waals surface area contributed by atoms with Crippen LogP contribution < -0.4 is 4.74 Å². The van der Waals surface area contributed by atoms with Crippen LogP contribution in [0.5, 0.6) is 5.75 Å². The predicted molar refractivity (Wildman–Crippen MR) is 73.0 cm³/mol. The largest absolute Gasteiger partial charge is 0.489 e. The fourth-order valence-corrected chi connectivity index (χ4v) is 1.89. The van der Waals surface area contributed by atoms with Crippen LogP contribution in [0.4, 0.5) is 13.2 Å². The van der Waals surface area contributed by atoms with Crippen molar-refractivity contribution in [3.63, 3.8) is 0 Å². The van der Waals surface area contributed by atoms with E-state index in [1.165, 1.54) is 6.07 Å². The van der Waals surface area contributed by atoms with Crippen molar-refractivity contribution in [2.45, 2.75) is 19.2 Å². The third kappa shape index (κ3) is 4.49. The van der Waals surface area contributed by atoms with E-state index in [0.29, 0.717) is 17.7 Å². The van der Waals surface area contributed by atoms with Crippen molar-refractivity contribution in [2.24, 2.45) is 0 Å². The van der Waals surface area contributed by atoms with Crippen LogP contribution in [0.3, 0.4) is 0 Å². The van der Waals surface area contributed by atoms with Crippen LogP contribution >= 0.6 is 0 Å². The number of benzene rings is 2. The molecule has 0 heterocycles. The van der Waals surface area contributed by atoms with Crippen LogP contribution in [0.25, 0.3) is 0 Å². The van der Waals surface area contributed by atoms with E-state index in [2.05, 4.69) is 0 Å². The van der Waals surface area contributed by atoms with Crippen molar-refractivity contribution in [1.82, 2.24) is 0 Å². The summed E-state index contributed by atoms with van der Waals surface area (Å²) in [7, 11) is 0. The molecule has 2 nitrogen and oxygen atoms in total. The molecule has 0 spiro atoms. The Bertz CT molecular complexity index is 577. The zero-order valence-corrected chi connectivity index (χ0v) is 11.2. The molecule has 0 aliphatic rings. The van der Waals surface area contributed by atoms with E-state index in [0.717, 1.165) is 17.7 Å². The number of alkyl halides is 3. The van der Waals surface area contributed by atoms with Crippen molar-refractivity contribution in [3.05, 3.63) is 65.2 Å². The van der Waals surface area contributed by atoms with E-state index in [1.807, 2.05) is 12.1 Å². The molecule has 0 aliphatic carbocycles. The minimum absolute atomic E-state index is 0.0727. The van der Waals surface area contributed by atoms with Gasteiger partial charge >= 0.3 is 6.18 Å². The summed E-state index contributed by atoms with van der Waals surface area (Å²) in [4.78, 5) is 0. The van der Waals surface area contributed by atoms with Crippen molar-refractivity contribution in [1.29, 1.82) is 0 Å². The minimum atomic E-state index is -4.35. The standard InChI is InChI=1S/C16H15F3O2/c17-16(18,19)14-3-1-2-13(10-14)11-21-15-6-4-12(5-7-15)8-9-20/h1-7,10,20H,8-9,11H2. The minimum Gasteiger partial charge on any atom is -0.489 e. The molecule has 2 aromatic carbocycles. The van der Waals surface area contributed by atoms with Gasteiger partial charge in [-0.2, -0.15) is 13.2 Å².